The fourth-order valence-corrected chi connectivity index (χ4v) is 2.79. The van der Waals surface area contributed by atoms with E-state index >= 15 is 0 Å². The van der Waals surface area contributed by atoms with Crippen LogP contribution >= 0.6 is 0 Å². The number of hydrogen-bond acceptors (Lipinski definition) is 2. The summed E-state index contributed by atoms with van der Waals surface area (Å²) in [7, 11) is 0. The van der Waals surface area contributed by atoms with Gasteiger partial charge in [0.05, 0.1) is 6.61 Å². The molecule has 0 radical (unpaired) electrons. The van der Waals surface area contributed by atoms with E-state index in [4.69, 9.17) is 4.74 Å². The molecule has 0 amide bonds. The summed E-state index contributed by atoms with van der Waals surface area (Å²) < 4.78 is 5.49. The normalized spacial score (nSPS) is 39.6. The van der Waals surface area contributed by atoms with E-state index in [-0.39, 0.29) is 0 Å². The molecule has 2 nitrogen and oxygen atoms in total. The van der Waals surface area contributed by atoms with Crippen LogP contribution in [0.2, 0.25) is 0 Å². The van der Waals surface area contributed by atoms with E-state index in [9.17, 15) is 0 Å². The van der Waals surface area contributed by atoms with Crippen LogP contribution in [-0.4, -0.2) is 25.3 Å². The molecule has 0 bridgehead atoms. The van der Waals surface area contributed by atoms with Crippen LogP contribution in [0.3, 0.4) is 0 Å². The van der Waals surface area contributed by atoms with Gasteiger partial charge in [0.1, 0.15) is 0 Å². The maximum Gasteiger partial charge on any atom is 0.0619 e. The van der Waals surface area contributed by atoms with Gasteiger partial charge in [0.25, 0.3) is 0 Å². The highest BCUT2D eigenvalue weighted by Crippen LogP contribution is 2.24. The molecule has 3 unspecified atom stereocenters. The van der Waals surface area contributed by atoms with Gasteiger partial charge in [-0.3, -0.25) is 0 Å². The molecule has 1 heterocycles. The fourth-order valence-electron chi connectivity index (χ4n) is 2.79. The first-order valence-electron chi connectivity index (χ1n) is 6.18. The van der Waals surface area contributed by atoms with Crippen molar-refractivity contribution in [2.75, 3.05) is 13.2 Å². The first kappa shape index (κ1) is 10.4. The molecule has 0 aromatic carbocycles. The maximum absolute atomic E-state index is 5.49. The van der Waals surface area contributed by atoms with Gasteiger partial charge < -0.3 is 10.1 Å². The molecule has 1 N–H and O–H groups in total. The third-order valence-electron chi connectivity index (χ3n) is 3.57. The molecule has 0 spiro atoms. The molecule has 2 heteroatoms. The number of hydrogen-bond donors (Lipinski definition) is 1. The quantitative estimate of drug-likeness (QED) is 0.733. The Balaban J connectivity index is 1.72. The van der Waals surface area contributed by atoms with Crippen LogP contribution in [0.4, 0.5) is 0 Å². The first-order chi connectivity index (χ1) is 6.84. The molecule has 1 aliphatic carbocycles. The molecule has 0 aromatic rings. The number of nitrogens with one attached hydrogen (secondary N) is 1. The molecular formula is C12H23NO. The molecule has 1 saturated carbocycles. The summed E-state index contributed by atoms with van der Waals surface area (Å²) in [6.45, 7) is 4.29. The minimum absolute atomic E-state index is 0.638. The predicted molar refractivity (Wildman–Crippen MR) is 58.4 cm³/mol. The molecular weight excluding hydrogens is 174 g/mol. The lowest BCUT2D eigenvalue weighted by Gasteiger charge is -2.33. The van der Waals surface area contributed by atoms with Crippen molar-refractivity contribution in [3.05, 3.63) is 0 Å². The van der Waals surface area contributed by atoms with Crippen LogP contribution in [0.1, 0.15) is 45.4 Å². The average Bonchev–Trinajstić information content (AvgIpc) is 2.19. The van der Waals surface area contributed by atoms with Crippen LogP contribution in [0, 0.1) is 5.92 Å². The van der Waals surface area contributed by atoms with Gasteiger partial charge in [0.2, 0.25) is 0 Å². The van der Waals surface area contributed by atoms with Crippen molar-refractivity contribution >= 4 is 0 Å². The fraction of sp³-hybridized carbons (Fsp3) is 1.00. The monoisotopic (exact) mass is 197 g/mol. The summed E-state index contributed by atoms with van der Waals surface area (Å²) in [5, 5.41) is 3.76. The van der Waals surface area contributed by atoms with Gasteiger partial charge in [-0.05, 0) is 31.6 Å². The third kappa shape index (κ3) is 2.96. The lowest BCUT2D eigenvalue weighted by molar-refractivity contribution is 0.0629. The second-order valence-electron chi connectivity index (χ2n) is 5.05. The van der Waals surface area contributed by atoms with Crippen LogP contribution in [0.5, 0.6) is 0 Å². The van der Waals surface area contributed by atoms with Gasteiger partial charge in [-0.2, -0.15) is 0 Å². The minimum atomic E-state index is 0.638. The third-order valence-corrected chi connectivity index (χ3v) is 3.57. The summed E-state index contributed by atoms with van der Waals surface area (Å²) in [5.74, 6) is 0.922. The summed E-state index contributed by atoms with van der Waals surface area (Å²) >= 11 is 0. The Kier molecular flexibility index (Phi) is 3.82. The zero-order valence-electron chi connectivity index (χ0n) is 9.30. The molecule has 3 atom stereocenters. The van der Waals surface area contributed by atoms with E-state index in [0.29, 0.717) is 6.04 Å². The lowest BCUT2D eigenvalue weighted by Crippen LogP contribution is -2.44. The van der Waals surface area contributed by atoms with E-state index in [1.807, 2.05) is 0 Å². The Morgan fingerprint density at radius 1 is 1.07 bits per heavy atom. The van der Waals surface area contributed by atoms with Crippen molar-refractivity contribution < 1.29 is 4.74 Å². The molecule has 1 saturated heterocycles. The minimum Gasteiger partial charge on any atom is -0.380 e. The van der Waals surface area contributed by atoms with Crippen LogP contribution in [0.15, 0.2) is 0 Å². The van der Waals surface area contributed by atoms with E-state index in [0.717, 1.165) is 25.2 Å². The number of rotatable bonds is 2. The summed E-state index contributed by atoms with van der Waals surface area (Å²) in [4.78, 5) is 0. The Hall–Kier alpha value is -0.0800. The average molecular weight is 197 g/mol. The van der Waals surface area contributed by atoms with Crippen molar-refractivity contribution in [1.29, 1.82) is 0 Å². The summed E-state index contributed by atoms with van der Waals surface area (Å²) in [6.07, 6.45) is 8.13. The van der Waals surface area contributed by atoms with Crippen molar-refractivity contribution in [3.63, 3.8) is 0 Å². The molecule has 82 valence electrons. The molecule has 1 aliphatic heterocycles. The van der Waals surface area contributed by atoms with Crippen molar-refractivity contribution in [3.8, 4) is 0 Å². The topological polar surface area (TPSA) is 21.3 Å². The zero-order valence-corrected chi connectivity index (χ0v) is 9.30. The van der Waals surface area contributed by atoms with Crippen LogP contribution in [0.25, 0.3) is 0 Å². The van der Waals surface area contributed by atoms with Gasteiger partial charge in [-0.1, -0.05) is 19.8 Å². The molecule has 0 aromatic heterocycles. The second kappa shape index (κ2) is 5.13. The highest BCUT2D eigenvalue weighted by atomic mass is 16.5. The van der Waals surface area contributed by atoms with Crippen LogP contribution in [-0.2, 0) is 4.74 Å². The molecule has 2 rings (SSSR count). The number of ether oxygens (including phenoxy) is 1. The largest absolute Gasteiger partial charge is 0.380 e. The smallest absolute Gasteiger partial charge is 0.0619 e. The Bertz CT molecular complexity index is 166. The molecule has 2 fully saturated rings. The van der Waals surface area contributed by atoms with Gasteiger partial charge in [0, 0.05) is 18.7 Å². The molecule has 14 heavy (non-hydrogen) atoms. The predicted octanol–water partition coefficient (Wildman–Crippen LogP) is 2.33. The highest BCUT2D eigenvalue weighted by Gasteiger charge is 2.22. The van der Waals surface area contributed by atoms with Gasteiger partial charge in [-0.25, -0.2) is 0 Å². The first-order valence-corrected chi connectivity index (χ1v) is 6.18. The van der Waals surface area contributed by atoms with Crippen LogP contribution < -0.4 is 5.32 Å². The summed E-state index contributed by atoms with van der Waals surface area (Å²) in [5.41, 5.74) is 0. The van der Waals surface area contributed by atoms with Crippen molar-refractivity contribution in [2.24, 2.45) is 5.92 Å². The Labute approximate surface area is 87.4 Å². The lowest BCUT2D eigenvalue weighted by atomic mass is 9.86. The summed E-state index contributed by atoms with van der Waals surface area (Å²) in [6, 6.07) is 1.41. The van der Waals surface area contributed by atoms with Crippen molar-refractivity contribution in [2.45, 2.75) is 57.5 Å². The maximum atomic E-state index is 5.49. The van der Waals surface area contributed by atoms with Gasteiger partial charge in [-0.15, -0.1) is 0 Å². The van der Waals surface area contributed by atoms with E-state index in [1.54, 1.807) is 0 Å². The highest BCUT2D eigenvalue weighted by molar-refractivity contribution is 4.80. The molecule has 2 aliphatic rings. The SMILES string of the molecule is CC1CCCC(NC2CCCOC2)C1. The van der Waals surface area contributed by atoms with E-state index < -0.39 is 0 Å². The zero-order chi connectivity index (χ0) is 9.80. The second-order valence-corrected chi connectivity index (χ2v) is 5.05. The van der Waals surface area contributed by atoms with Gasteiger partial charge >= 0.3 is 0 Å². The van der Waals surface area contributed by atoms with E-state index in [2.05, 4.69) is 12.2 Å². The standard InChI is InChI=1S/C12H23NO/c1-10-4-2-5-11(8-10)13-12-6-3-7-14-9-12/h10-13H,2-9H2,1H3. The Morgan fingerprint density at radius 2 is 1.93 bits per heavy atom. The van der Waals surface area contributed by atoms with Crippen molar-refractivity contribution in [1.82, 2.24) is 5.32 Å². The van der Waals surface area contributed by atoms with E-state index in [1.165, 1.54) is 38.5 Å². The Morgan fingerprint density at radius 3 is 2.64 bits per heavy atom. The van der Waals surface area contributed by atoms with Gasteiger partial charge in [0.15, 0.2) is 0 Å².